The summed E-state index contributed by atoms with van der Waals surface area (Å²) in [5.41, 5.74) is 1.41. The number of hydroxylamine groups is 2. The van der Waals surface area contributed by atoms with Gasteiger partial charge in [0.25, 0.3) is 5.91 Å². The molecule has 2 atom stereocenters. The van der Waals surface area contributed by atoms with E-state index in [0.29, 0.717) is 10.6 Å². The van der Waals surface area contributed by atoms with Gasteiger partial charge in [0.2, 0.25) is 5.91 Å². The predicted molar refractivity (Wildman–Crippen MR) is 110 cm³/mol. The molecule has 1 aromatic carbocycles. The number of hydrogen-bond donors (Lipinski definition) is 1. The second-order valence-electron chi connectivity index (χ2n) is 7.27. The van der Waals surface area contributed by atoms with Crippen LogP contribution in [0.25, 0.3) is 11.1 Å². The number of fused-ring (bicyclic) bond motifs is 1. The molecule has 4 aliphatic rings. The predicted octanol–water partition coefficient (Wildman–Crippen LogP) is 1.48. The van der Waals surface area contributed by atoms with E-state index >= 15 is 0 Å². The molecule has 0 spiro atoms. The Balaban J connectivity index is 0.000000346. The molecule has 2 amide bonds. The number of rotatable bonds is 5. The Morgan fingerprint density at radius 1 is 1.09 bits per heavy atom. The highest BCUT2D eigenvalue weighted by molar-refractivity contribution is 5.98. The van der Waals surface area contributed by atoms with Crippen molar-refractivity contribution in [2.45, 2.75) is 25.3 Å². The SMILES string of the molecule is CC(=O)N[C@@H]1CON(C2(C(=O)OCc3ccccc3)C=CC(=O)O2)C1=O.c1cc2ccc1-2. The van der Waals surface area contributed by atoms with Crippen LogP contribution in [0.15, 0.2) is 66.7 Å². The molecule has 1 fully saturated rings. The molecular weight excluding hydrogens is 416 g/mol. The molecule has 9 heteroatoms. The third-order valence-electron chi connectivity index (χ3n) is 4.97. The minimum atomic E-state index is -2.16. The van der Waals surface area contributed by atoms with Gasteiger partial charge >= 0.3 is 17.7 Å². The zero-order valence-electron chi connectivity index (χ0n) is 17.1. The largest absolute Gasteiger partial charge is 0.456 e. The van der Waals surface area contributed by atoms with Gasteiger partial charge in [0.1, 0.15) is 19.3 Å². The van der Waals surface area contributed by atoms with Crippen LogP contribution >= 0.6 is 0 Å². The average molecular weight is 436 g/mol. The molecule has 0 aromatic heterocycles. The van der Waals surface area contributed by atoms with Crippen molar-refractivity contribution in [1.82, 2.24) is 10.4 Å². The Kier molecular flexibility index (Phi) is 5.74. The second-order valence-corrected chi connectivity index (χ2v) is 7.27. The van der Waals surface area contributed by atoms with Crippen LogP contribution in [0.5, 0.6) is 0 Å². The first-order valence-corrected chi connectivity index (χ1v) is 9.87. The van der Waals surface area contributed by atoms with E-state index in [1.165, 1.54) is 18.1 Å². The summed E-state index contributed by atoms with van der Waals surface area (Å²) in [6, 6.07) is 16.4. The van der Waals surface area contributed by atoms with Gasteiger partial charge in [0.05, 0.1) is 0 Å². The van der Waals surface area contributed by atoms with E-state index in [9.17, 15) is 19.2 Å². The lowest BCUT2D eigenvalue weighted by atomic mass is 9.95. The molecule has 0 radical (unpaired) electrons. The van der Waals surface area contributed by atoms with Gasteiger partial charge in [-0.15, -0.1) is 0 Å². The molecule has 0 saturated carbocycles. The maximum atomic E-state index is 12.6. The van der Waals surface area contributed by atoms with Gasteiger partial charge in [-0.05, 0) is 16.7 Å². The fourth-order valence-electron chi connectivity index (χ4n) is 3.23. The summed E-state index contributed by atoms with van der Waals surface area (Å²) in [7, 11) is 0. The van der Waals surface area contributed by atoms with Crippen molar-refractivity contribution < 1.29 is 33.5 Å². The van der Waals surface area contributed by atoms with Crippen LogP contribution in [0.3, 0.4) is 0 Å². The number of nitrogens with zero attached hydrogens (tertiary/aromatic N) is 1. The number of nitrogens with one attached hydrogen (secondary N) is 1. The van der Waals surface area contributed by atoms with Gasteiger partial charge in [-0.1, -0.05) is 54.6 Å². The van der Waals surface area contributed by atoms with E-state index in [2.05, 4.69) is 29.6 Å². The third kappa shape index (κ3) is 4.10. The number of ether oxygens (including phenoxy) is 2. The highest BCUT2D eigenvalue weighted by Crippen LogP contribution is 2.31. The Bertz CT molecular complexity index is 1060. The Morgan fingerprint density at radius 3 is 2.25 bits per heavy atom. The summed E-state index contributed by atoms with van der Waals surface area (Å²) >= 11 is 0. The first kappa shape index (κ1) is 21.3. The molecule has 164 valence electrons. The molecule has 2 aliphatic carbocycles. The zero-order chi connectivity index (χ0) is 22.7. The van der Waals surface area contributed by atoms with E-state index in [4.69, 9.17) is 14.3 Å². The molecule has 5 rings (SSSR count). The Morgan fingerprint density at radius 2 is 1.75 bits per heavy atom. The molecule has 2 heterocycles. The van der Waals surface area contributed by atoms with E-state index < -0.39 is 35.5 Å². The molecule has 2 aliphatic heterocycles. The van der Waals surface area contributed by atoms with Gasteiger partial charge in [0, 0.05) is 19.1 Å². The van der Waals surface area contributed by atoms with Crippen molar-refractivity contribution in [1.29, 1.82) is 0 Å². The minimum Gasteiger partial charge on any atom is -0.456 e. The highest BCUT2D eigenvalue weighted by Gasteiger charge is 2.57. The summed E-state index contributed by atoms with van der Waals surface area (Å²) in [6.07, 6.45) is 2.10. The summed E-state index contributed by atoms with van der Waals surface area (Å²) in [4.78, 5) is 53.1. The molecule has 32 heavy (non-hydrogen) atoms. The Hall–Kier alpha value is -3.98. The van der Waals surface area contributed by atoms with Crippen LogP contribution in [0.2, 0.25) is 0 Å². The maximum absolute atomic E-state index is 12.6. The summed E-state index contributed by atoms with van der Waals surface area (Å²) in [5.74, 6) is -2.97. The first-order valence-electron chi connectivity index (χ1n) is 9.87. The fraction of sp³-hybridized carbons (Fsp3) is 0.217. The zero-order valence-corrected chi connectivity index (χ0v) is 17.1. The summed E-state index contributed by atoms with van der Waals surface area (Å²) in [6.45, 7) is 0.969. The van der Waals surface area contributed by atoms with Crippen LogP contribution in [0, 0.1) is 0 Å². The standard InChI is InChI=1S/C17H16N2O7.C6H4/c1-11(20)18-13-10-25-19(15(13)22)17(8-7-14(21)26-17)16(23)24-9-12-5-3-2-4-6-12;1-2-6-4-3-5(1)6/h2-8,13H,9-10H2,1H3,(H,18,20);1-4H/t13-,17?;/m1./s1. The first-order chi connectivity index (χ1) is 15.4. The fourth-order valence-corrected chi connectivity index (χ4v) is 3.23. The summed E-state index contributed by atoms with van der Waals surface area (Å²) < 4.78 is 10.3. The lowest BCUT2D eigenvalue weighted by molar-refractivity contribution is -0.249. The summed E-state index contributed by atoms with van der Waals surface area (Å²) in [5, 5.41) is 3.03. The number of carbonyl (C=O) groups excluding carboxylic acids is 4. The van der Waals surface area contributed by atoms with Crippen molar-refractivity contribution in [3.05, 3.63) is 72.3 Å². The number of carbonyl (C=O) groups is 4. The van der Waals surface area contributed by atoms with Gasteiger partial charge in [0.15, 0.2) is 0 Å². The maximum Gasteiger partial charge on any atom is 0.379 e. The van der Waals surface area contributed by atoms with Crippen molar-refractivity contribution in [2.24, 2.45) is 0 Å². The van der Waals surface area contributed by atoms with Gasteiger partial charge in [-0.2, -0.15) is 5.06 Å². The van der Waals surface area contributed by atoms with Crippen molar-refractivity contribution in [2.75, 3.05) is 6.61 Å². The normalized spacial score (nSPS) is 22.0. The minimum absolute atomic E-state index is 0.0794. The molecule has 1 unspecified atom stereocenters. The van der Waals surface area contributed by atoms with E-state index in [0.717, 1.165) is 12.2 Å². The van der Waals surface area contributed by atoms with Crippen molar-refractivity contribution in [3.8, 4) is 11.1 Å². The van der Waals surface area contributed by atoms with E-state index in [-0.39, 0.29) is 13.2 Å². The average Bonchev–Trinajstić information content (AvgIpc) is 3.33. The Labute approximate surface area is 183 Å². The smallest absolute Gasteiger partial charge is 0.379 e. The number of amides is 2. The van der Waals surface area contributed by atoms with Crippen molar-refractivity contribution >= 4 is 23.8 Å². The van der Waals surface area contributed by atoms with Crippen LogP contribution in [-0.4, -0.2) is 47.2 Å². The topological polar surface area (TPSA) is 111 Å². The quantitative estimate of drug-likeness (QED) is 0.603. The molecule has 1 aromatic rings. The molecule has 9 nitrogen and oxygen atoms in total. The van der Waals surface area contributed by atoms with E-state index in [1.807, 2.05) is 6.07 Å². The molecule has 1 saturated heterocycles. The monoisotopic (exact) mass is 436 g/mol. The number of hydrogen-bond acceptors (Lipinski definition) is 7. The molecule has 0 bridgehead atoms. The van der Waals surface area contributed by atoms with Gasteiger partial charge in [-0.3, -0.25) is 14.4 Å². The number of benzene rings is 2. The van der Waals surface area contributed by atoms with E-state index in [1.54, 1.807) is 24.3 Å². The van der Waals surface area contributed by atoms with Gasteiger partial charge < -0.3 is 14.8 Å². The molecule has 1 N–H and O–H groups in total. The number of esters is 2. The second kappa shape index (κ2) is 8.64. The van der Waals surface area contributed by atoms with Crippen LogP contribution < -0.4 is 5.32 Å². The lowest BCUT2D eigenvalue weighted by Crippen LogP contribution is -2.56. The van der Waals surface area contributed by atoms with Crippen LogP contribution in [0.4, 0.5) is 0 Å². The lowest BCUT2D eigenvalue weighted by Gasteiger charge is -2.31. The van der Waals surface area contributed by atoms with Crippen LogP contribution in [-0.2, 0) is 40.1 Å². The van der Waals surface area contributed by atoms with Crippen LogP contribution in [0.1, 0.15) is 12.5 Å². The van der Waals surface area contributed by atoms with Crippen molar-refractivity contribution in [3.63, 3.8) is 0 Å². The highest BCUT2D eigenvalue weighted by atomic mass is 16.8. The van der Waals surface area contributed by atoms with Gasteiger partial charge in [-0.25, -0.2) is 9.59 Å². The number of cyclic esters (lactones) is 1. The third-order valence-corrected chi connectivity index (χ3v) is 4.97. The molecular formula is C23H20N2O7.